The first-order valence-electron chi connectivity index (χ1n) is 8.15. The van der Waals surface area contributed by atoms with E-state index in [-0.39, 0.29) is 55.0 Å². The van der Waals surface area contributed by atoms with Gasteiger partial charge in [0.25, 0.3) is 0 Å². The van der Waals surface area contributed by atoms with E-state index in [9.17, 15) is 22.4 Å². The molecule has 2 aliphatic heterocycles. The van der Waals surface area contributed by atoms with Crippen molar-refractivity contribution >= 4 is 27.4 Å². The number of hydrogen-bond donors (Lipinski definition) is 2. The molecule has 7 nitrogen and oxygen atoms in total. The minimum absolute atomic E-state index is 0.0154. The van der Waals surface area contributed by atoms with Gasteiger partial charge in [0.2, 0.25) is 15.9 Å². The lowest BCUT2D eigenvalue weighted by Gasteiger charge is -2.26. The number of nitrogens with zero attached hydrogens (tertiary/aromatic N) is 1. The molecule has 2 fully saturated rings. The summed E-state index contributed by atoms with van der Waals surface area (Å²) in [6.07, 6.45) is 0.443. The van der Waals surface area contributed by atoms with Gasteiger partial charge < -0.3 is 10.6 Å². The minimum Gasteiger partial charge on any atom is -0.323 e. The van der Waals surface area contributed by atoms with Gasteiger partial charge in [0.1, 0.15) is 11.6 Å². The Labute approximate surface area is 145 Å². The van der Waals surface area contributed by atoms with Crippen molar-refractivity contribution in [2.24, 2.45) is 5.92 Å². The largest absolute Gasteiger partial charge is 0.323 e. The molecule has 1 amide bonds. The zero-order chi connectivity index (χ0) is 18.0. The molecule has 0 spiro atoms. The molecule has 0 unspecified atom stereocenters. The van der Waals surface area contributed by atoms with Crippen molar-refractivity contribution in [2.75, 3.05) is 31.5 Å². The van der Waals surface area contributed by atoms with Crippen LogP contribution in [0.4, 0.5) is 10.1 Å². The molecular weight excluding hydrogens is 349 g/mol. The first-order chi connectivity index (χ1) is 11.8. The molecule has 0 aliphatic carbocycles. The summed E-state index contributed by atoms with van der Waals surface area (Å²) in [5, 5.41) is 5.48. The summed E-state index contributed by atoms with van der Waals surface area (Å²) in [6.45, 7) is 1.46. The third-order valence-corrected chi connectivity index (χ3v) is 6.31. The van der Waals surface area contributed by atoms with Crippen LogP contribution < -0.4 is 10.6 Å². The molecule has 0 bridgehead atoms. The summed E-state index contributed by atoms with van der Waals surface area (Å²) < 4.78 is 40.1. The normalized spacial score (nSPS) is 19.5. The van der Waals surface area contributed by atoms with E-state index >= 15 is 0 Å². The molecule has 2 N–H and O–H groups in total. The van der Waals surface area contributed by atoms with Crippen molar-refractivity contribution in [3.05, 3.63) is 29.6 Å². The summed E-state index contributed by atoms with van der Waals surface area (Å²) in [5.74, 6) is -1.33. The summed E-state index contributed by atoms with van der Waals surface area (Å²) >= 11 is 0. The fourth-order valence-corrected chi connectivity index (χ4v) is 4.30. The SMILES string of the molecule is O=C1CCN(S(=O)(=O)Cc2ccc(F)c(NC(=O)C3CNC3)c2)CC1. The Kier molecular flexibility index (Phi) is 5.16. The van der Waals surface area contributed by atoms with Gasteiger partial charge in [0.05, 0.1) is 17.4 Å². The second kappa shape index (κ2) is 7.19. The third kappa shape index (κ3) is 4.23. The highest BCUT2D eigenvalue weighted by molar-refractivity contribution is 7.88. The molecule has 0 aromatic heterocycles. The first kappa shape index (κ1) is 18.0. The maximum Gasteiger partial charge on any atom is 0.230 e. The predicted molar refractivity (Wildman–Crippen MR) is 89.8 cm³/mol. The van der Waals surface area contributed by atoms with Crippen molar-refractivity contribution < 1.29 is 22.4 Å². The number of piperidine rings is 1. The Morgan fingerprint density at radius 2 is 1.96 bits per heavy atom. The monoisotopic (exact) mass is 369 g/mol. The van der Waals surface area contributed by atoms with E-state index in [0.29, 0.717) is 18.7 Å². The maximum atomic E-state index is 13.9. The number of hydrogen-bond acceptors (Lipinski definition) is 5. The lowest BCUT2D eigenvalue weighted by molar-refractivity contribution is -0.121. The number of carbonyl (C=O) groups excluding carboxylic acids is 2. The fourth-order valence-electron chi connectivity index (χ4n) is 2.78. The molecule has 0 atom stereocenters. The highest BCUT2D eigenvalue weighted by Gasteiger charge is 2.28. The van der Waals surface area contributed by atoms with E-state index in [4.69, 9.17) is 0 Å². The van der Waals surface area contributed by atoms with Gasteiger partial charge >= 0.3 is 0 Å². The number of ketones is 1. The smallest absolute Gasteiger partial charge is 0.230 e. The van der Waals surface area contributed by atoms with Crippen molar-refractivity contribution in [1.29, 1.82) is 0 Å². The number of anilines is 1. The Morgan fingerprint density at radius 1 is 1.28 bits per heavy atom. The zero-order valence-corrected chi connectivity index (χ0v) is 14.4. The number of rotatable bonds is 5. The molecule has 2 aliphatic rings. The second-order valence-electron chi connectivity index (χ2n) is 6.35. The quantitative estimate of drug-likeness (QED) is 0.787. The number of sulfonamides is 1. The van der Waals surface area contributed by atoms with Crippen LogP contribution in [0.2, 0.25) is 0 Å². The molecule has 25 heavy (non-hydrogen) atoms. The zero-order valence-electron chi connectivity index (χ0n) is 13.6. The molecule has 1 aromatic carbocycles. The van der Waals surface area contributed by atoms with E-state index in [1.807, 2.05) is 0 Å². The van der Waals surface area contributed by atoms with E-state index in [2.05, 4.69) is 10.6 Å². The lowest BCUT2D eigenvalue weighted by atomic mass is 10.0. The van der Waals surface area contributed by atoms with Crippen molar-refractivity contribution in [1.82, 2.24) is 9.62 Å². The Bertz CT molecular complexity index is 783. The average Bonchev–Trinajstić information content (AvgIpc) is 2.49. The number of Topliss-reactive ketones (excluding diaryl/α,β-unsaturated/α-hetero) is 1. The van der Waals surface area contributed by atoms with E-state index in [0.717, 1.165) is 6.07 Å². The Morgan fingerprint density at radius 3 is 2.56 bits per heavy atom. The van der Waals surface area contributed by atoms with Crippen LogP contribution >= 0.6 is 0 Å². The van der Waals surface area contributed by atoms with Crippen LogP contribution in [0.15, 0.2) is 18.2 Å². The summed E-state index contributed by atoms with van der Waals surface area (Å²) in [7, 11) is -3.59. The van der Waals surface area contributed by atoms with Crippen molar-refractivity contribution in [2.45, 2.75) is 18.6 Å². The van der Waals surface area contributed by atoms with Gasteiger partial charge in [-0.25, -0.2) is 17.1 Å². The van der Waals surface area contributed by atoms with Gasteiger partial charge in [-0.2, -0.15) is 0 Å². The van der Waals surface area contributed by atoms with Crippen LogP contribution in [0.5, 0.6) is 0 Å². The van der Waals surface area contributed by atoms with Crippen LogP contribution in [0.1, 0.15) is 18.4 Å². The molecule has 1 aromatic rings. The number of amides is 1. The van der Waals surface area contributed by atoms with Gasteiger partial charge in [0.15, 0.2) is 0 Å². The molecule has 136 valence electrons. The van der Waals surface area contributed by atoms with Crippen LogP contribution in [0.3, 0.4) is 0 Å². The van der Waals surface area contributed by atoms with Gasteiger partial charge in [-0.3, -0.25) is 9.59 Å². The standard InChI is InChI=1S/C16H20FN3O4S/c17-14-2-1-11(7-15(14)19-16(22)12-8-18-9-12)10-25(23,24)20-5-3-13(21)4-6-20/h1-2,7,12,18H,3-6,8-10H2,(H,19,22). The predicted octanol–water partition coefficient (Wildman–Crippen LogP) is 0.478. The highest BCUT2D eigenvalue weighted by atomic mass is 32.2. The van der Waals surface area contributed by atoms with Crippen LogP contribution in [-0.4, -0.2) is 50.6 Å². The summed E-state index contributed by atoms with van der Waals surface area (Å²) in [5.41, 5.74) is 0.374. The second-order valence-corrected chi connectivity index (χ2v) is 8.32. The van der Waals surface area contributed by atoms with Crippen molar-refractivity contribution in [3.63, 3.8) is 0 Å². The minimum atomic E-state index is -3.59. The van der Waals surface area contributed by atoms with Crippen LogP contribution in [-0.2, 0) is 25.4 Å². The Balaban J connectivity index is 1.70. The molecule has 2 saturated heterocycles. The van der Waals surface area contributed by atoms with Gasteiger partial charge in [-0.1, -0.05) is 6.07 Å². The fraction of sp³-hybridized carbons (Fsp3) is 0.500. The number of halogens is 1. The number of benzene rings is 1. The molecule has 0 radical (unpaired) electrons. The van der Waals surface area contributed by atoms with Gasteiger partial charge in [-0.15, -0.1) is 0 Å². The highest BCUT2D eigenvalue weighted by Crippen LogP contribution is 2.21. The number of nitrogens with one attached hydrogen (secondary N) is 2. The van der Waals surface area contributed by atoms with Crippen LogP contribution in [0, 0.1) is 11.7 Å². The van der Waals surface area contributed by atoms with Crippen molar-refractivity contribution in [3.8, 4) is 0 Å². The van der Waals surface area contributed by atoms with Gasteiger partial charge in [0, 0.05) is 39.0 Å². The average molecular weight is 369 g/mol. The summed E-state index contributed by atoms with van der Waals surface area (Å²) in [6, 6.07) is 3.90. The van der Waals surface area contributed by atoms with Crippen LogP contribution in [0.25, 0.3) is 0 Å². The first-order valence-corrected chi connectivity index (χ1v) is 9.75. The molecule has 3 rings (SSSR count). The third-order valence-electron chi connectivity index (χ3n) is 4.46. The summed E-state index contributed by atoms with van der Waals surface area (Å²) in [4.78, 5) is 23.2. The molecular formula is C16H20FN3O4S. The van der Waals surface area contributed by atoms with E-state index < -0.39 is 15.8 Å². The maximum absolute atomic E-state index is 13.9. The lowest BCUT2D eigenvalue weighted by Crippen LogP contribution is -2.48. The Hall–Kier alpha value is -1.84. The molecule has 2 heterocycles. The topological polar surface area (TPSA) is 95.6 Å². The number of carbonyl (C=O) groups is 2. The van der Waals surface area contributed by atoms with E-state index in [1.165, 1.54) is 16.4 Å². The van der Waals surface area contributed by atoms with Gasteiger partial charge in [-0.05, 0) is 17.7 Å². The molecule has 9 heteroatoms. The molecule has 0 saturated carbocycles. The van der Waals surface area contributed by atoms with E-state index in [1.54, 1.807) is 0 Å².